The molecule has 0 fully saturated rings. The molecule has 0 N–H and O–H groups in total. The first-order valence-electron chi connectivity index (χ1n) is 5.21. The van der Waals surface area contributed by atoms with Gasteiger partial charge in [0.25, 0.3) is 0 Å². The van der Waals surface area contributed by atoms with Crippen LogP contribution in [0.1, 0.15) is 19.0 Å². The maximum absolute atomic E-state index is 12.3. The molecule has 0 aliphatic rings. The summed E-state index contributed by atoms with van der Waals surface area (Å²) in [6.45, 7) is 3.20. The van der Waals surface area contributed by atoms with Crippen molar-refractivity contribution in [2.75, 3.05) is 23.9 Å². The van der Waals surface area contributed by atoms with Gasteiger partial charge in [0.05, 0.1) is 0 Å². The van der Waals surface area contributed by atoms with E-state index < -0.39 is 11.9 Å². The molecule has 0 atom stereocenters. The normalized spacial score (nSPS) is 11.6. The largest absolute Gasteiger partial charge is 0.435 e. The van der Waals surface area contributed by atoms with E-state index in [2.05, 4.69) is 10.2 Å². The standard InChI is InChI=1S/C10H13ClF3N3/c1-2-6-17(7-5-11)9-4-3-8(15-16-9)10(12,13)14/h3-4H,2,5-7H2,1H3. The molecule has 0 aliphatic heterocycles. The van der Waals surface area contributed by atoms with Crippen molar-refractivity contribution in [1.82, 2.24) is 10.2 Å². The summed E-state index contributed by atoms with van der Waals surface area (Å²) in [5, 5.41) is 6.76. The fourth-order valence-electron chi connectivity index (χ4n) is 1.36. The maximum Gasteiger partial charge on any atom is 0.435 e. The van der Waals surface area contributed by atoms with Crippen LogP contribution in [0.15, 0.2) is 12.1 Å². The first-order valence-corrected chi connectivity index (χ1v) is 5.74. The maximum atomic E-state index is 12.3. The fourth-order valence-corrected chi connectivity index (χ4v) is 1.56. The second kappa shape index (κ2) is 6.05. The highest BCUT2D eigenvalue weighted by Crippen LogP contribution is 2.27. The van der Waals surface area contributed by atoms with E-state index in [-0.39, 0.29) is 0 Å². The molecule has 96 valence electrons. The Morgan fingerprint density at radius 3 is 2.35 bits per heavy atom. The topological polar surface area (TPSA) is 29.0 Å². The van der Waals surface area contributed by atoms with Crippen molar-refractivity contribution in [3.8, 4) is 0 Å². The van der Waals surface area contributed by atoms with Crippen molar-refractivity contribution in [1.29, 1.82) is 0 Å². The van der Waals surface area contributed by atoms with Crippen LogP contribution in [0.2, 0.25) is 0 Å². The summed E-state index contributed by atoms with van der Waals surface area (Å²) < 4.78 is 36.8. The highest BCUT2D eigenvalue weighted by atomic mass is 35.5. The van der Waals surface area contributed by atoms with E-state index in [1.807, 2.05) is 6.92 Å². The molecule has 0 spiro atoms. The first-order chi connectivity index (χ1) is 7.99. The number of aromatic nitrogens is 2. The predicted molar refractivity (Wildman–Crippen MR) is 60.3 cm³/mol. The number of nitrogens with zero attached hydrogens (tertiary/aromatic N) is 3. The van der Waals surface area contributed by atoms with Crippen LogP contribution in [0.5, 0.6) is 0 Å². The quantitative estimate of drug-likeness (QED) is 0.768. The van der Waals surface area contributed by atoms with Gasteiger partial charge in [0.2, 0.25) is 0 Å². The minimum atomic E-state index is -4.45. The van der Waals surface area contributed by atoms with Gasteiger partial charge in [0.1, 0.15) is 0 Å². The zero-order chi connectivity index (χ0) is 12.9. The lowest BCUT2D eigenvalue weighted by atomic mass is 10.3. The van der Waals surface area contributed by atoms with E-state index in [0.717, 1.165) is 12.5 Å². The molecule has 3 nitrogen and oxygen atoms in total. The van der Waals surface area contributed by atoms with Gasteiger partial charge < -0.3 is 4.90 Å². The lowest BCUT2D eigenvalue weighted by Crippen LogP contribution is -2.27. The van der Waals surface area contributed by atoms with Gasteiger partial charge in [-0.1, -0.05) is 6.92 Å². The SMILES string of the molecule is CCCN(CCCl)c1ccc(C(F)(F)F)nn1. The molecule has 0 radical (unpaired) electrons. The molecule has 0 amide bonds. The minimum Gasteiger partial charge on any atom is -0.354 e. The smallest absolute Gasteiger partial charge is 0.354 e. The van der Waals surface area contributed by atoms with Crippen molar-refractivity contribution in [2.24, 2.45) is 0 Å². The fraction of sp³-hybridized carbons (Fsp3) is 0.600. The van der Waals surface area contributed by atoms with Gasteiger partial charge in [-0.15, -0.1) is 21.8 Å². The van der Waals surface area contributed by atoms with Crippen LogP contribution in [0.4, 0.5) is 19.0 Å². The van der Waals surface area contributed by atoms with E-state index in [9.17, 15) is 13.2 Å². The Labute approximate surface area is 103 Å². The van der Waals surface area contributed by atoms with Crippen LogP contribution >= 0.6 is 11.6 Å². The number of alkyl halides is 4. The Kier molecular flexibility index (Phi) is 4.99. The van der Waals surface area contributed by atoms with E-state index in [1.54, 1.807) is 4.90 Å². The monoisotopic (exact) mass is 267 g/mol. The Morgan fingerprint density at radius 1 is 1.24 bits per heavy atom. The molecule has 0 saturated heterocycles. The number of hydrogen-bond acceptors (Lipinski definition) is 3. The molecule has 17 heavy (non-hydrogen) atoms. The van der Waals surface area contributed by atoms with Crippen LogP contribution < -0.4 is 4.90 Å². The zero-order valence-electron chi connectivity index (χ0n) is 9.34. The summed E-state index contributed by atoms with van der Waals surface area (Å²) in [5.74, 6) is 0.809. The third-order valence-corrected chi connectivity index (χ3v) is 2.28. The number of halogens is 4. The Balaban J connectivity index is 2.84. The van der Waals surface area contributed by atoms with Crippen molar-refractivity contribution in [3.05, 3.63) is 17.8 Å². The third-order valence-electron chi connectivity index (χ3n) is 2.11. The summed E-state index contributed by atoms with van der Waals surface area (Å²) >= 11 is 5.62. The van der Waals surface area contributed by atoms with Gasteiger partial charge >= 0.3 is 6.18 Å². The Morgan fingerprint density at radius 2 is 1.94 bits per heavy atom. The average molecular weight is 268 g/mol. The van der Waals surface area contributed by atoms with Crippen LogP contribution in [0.3, 0.4) is 0 Å². The van der Waals surface area contributed by atoms with Crippen molar-refractivity contribution in [3.63, 3.8) is 0 Å². The van der Waals surface area contributed by atoms with Crippen LogP contribution in [-0.4, -0.2) is 29.2 Å². The van der Waals surface area contributed by atoms with Gasteiger partial charge in [0, 0.05) is 19.0 Å². The molecule has 1 aromatic rings. The molecular weight excluding hydrogens is 255 g/mol. The molecule has 0 bridgehead atoms. The molecule has 1 aromatic heterocycles. The summed E-state index contributed by atoms with van der Waals surface area (Å²) in [6, 6.07) is 2.25. The zero-order valence-corrected chi connectivity index (χ0v) is 10.1. The summed E-state index contributed by atoms with van der Waals surface area (Å²) in [5.41, 5.74) is -0.983. The first kappa shape index (κ1) is 14.0. The minimum absolute atomic E-state index is 0.392. The average Bonchev–Trinajstić information content (AvgIpc) is 2.28. The van der Waals surface area contributed by atoms with Gasteiger partial charge in [-0.3, -0.25) is 0 Å². The van der Waals surface area contributed by atoms with Crippen molar-refractivity contribution >= 4 is 17.4 Å². The van der Waals surface area contributed by atoms with E-state index in [4.69, 9.17) is 11.6 Å². The number of rotatable bonds is 5. The molecule has 0 unspecified atom stereocenters. The summed E-state index contributed by atoms with van der Waals surface area (Å²) in [7, 11) is 0. The number of anilines is 1. The highest BCUT2D eigenvalue weighted by Gasteiger charge is 2.33. The van der Waals surface area contributed by atoms with Crippen molar-refractivity contribution < 1.29 is 13.2 Å². The van der Waals surface area contributed by atoms with Crippen molar-refractivity contribution in [2.45, 2.75) is 19.5 Å². The molecular formula is C10H13ClF3N3. The lowest BCUT2D eigenvalue weighted by Gasteiger charge is -2.21. The predicted octanol–water partition coefficient (Wildman–Crippen LogP) is 2.95. The van der Waals surface area contributed by atoms with E-state index in [1.165, 1.54) is 6.07 Å². The Hall–Kier alpha value is -1.04. The van der Waals surface area contributed by atoms with Gasteiger partial charge in [0.15, 0.2) is 11.5 Å². The second-order valence-electron chi connectivity index (χ2n) is 3.45. The van der Waals surface area contributed by atoms with E-state index in [0.29, 0.717) is 24.8 Å². The van der Waals surface area contributed by atoms with Crippen LogP contribution in [-0.2, 0) is 6.18 Å². The molecule has 7 heteroatoms. The van der Waals surface area contributed by atoms with Gasteiger partial charge in [-0.2, -0.15) is 13.2 Å². The molecule has 0 aliphatic carbocycles. The third kappa shape index (κ3) is 4.03. The summed E-state index contributed by atoms with van der Waals surface area (Å²) in [4.78, 5) is 1.81. The highest BCUT2D eigenvalue weighted by molar-refractivity contribution is 6.18. The molecule has 1 heterocycles. The Bertz CT molecular complexity index is 334. The lowest BCUT2D eigenvalue weighted by molar-refractivity contribution is -0.141. The van der Waals surface area contributed by atoms with Gasteiger partial charge in [-0.25, -0.2) is 0 Å². The molecule has 0 aromatic carbocycles. The molecule has 1 rings (SSSR count). The van der Waals surface area contributed by atoms with Crippen LogP contribution in [0.25, 0.3) is 0 Å². The number of hydrogen-bond donors (Lipinski definition) is 0. The van der Waals surface area contributed by atoms with E-state index >= 15 is 0 Å². The second-order valence-corrected chi connectivity index (χ2v) is 3.83. The summed E-state index contributed by atoms with van der Waals surface area (Å²) in [6.07, 6.45) is -3.59. The van der Waals surface area contributed by atoms with Gasteiger partial charge in [-0.05, 0) is 18.6 Å². The molecule has 0 saturated carbocycles. The van der Waals surface area contributed by atoms with Crippen LogP contribution in [0, 0.1) is 0 Å².